The number of aryl methyl sites for hydroxylation is 1. The van der Waals surface area contributed by atoms with Gasteiger partial charge >= 0.3 is 0 Å². The lowest BCUT2D eigenvalue weighted by molar-refractivity contribution is 1.52. The maximum absolute atomic E-state index is 2.24. The molecule has 0 aromatic heterocycles. The molecule has 2 aliphatic rings. The van der Waals surface area contributed by atoms with Crippen LogP contribution in [-0.4, -0.2) is 0 Å². The minimum Gasteiger partial charge on any atom is -0.0622 e. The van der Waals surface area contributed by atoms with Crippen molar-refractivity contribution in [2.45, 2.75) is 6.92 Å². The monoisotopic (exact) mass is 218 g/mol. The molecule has 3 rings (SSSR count). The van der Waals surface area contributed by atoms with Crippen molar-refractivity contribution in [3.63, 3.8) is 0 Å². The number of benzene rings is 1. The van der Waals surface area contributed by atoms with Crippen LogP contribution in [0, 0.1) is 6.92 Å². The summed E-state index contributed by atoms with van der Waals surface area (Å²) in [5, 5.41) is 0. The Morgan fingerprint density at radius 2 is 1.35 bits per heavy atom. The average Bonchev–Trinajstić information content (AvgIpc) is 2.64. The van der Waals surface area contributed by atoms with E-state index in [9.17, 15) is 0 Å². The lowest BCUT2D eigenvalue weighted by atomic mass is 10.0. The Balaban J connectivity index is 2.21. The van der Waals surface area contributed by atoms with Gasteiger partial charge in [0.25, 0.3) is 0 Å². The molecule has 0 unspecified atom stereocenters. The molecule has 0 atom stereocenters. The molecule has 0 fully saturated rings. The van der Waals surface area contributed by atoms with E-state index in [-0.39, 0.29) is 0 Å². The van der Waals surface area contributed by atoms with E-state index in [0.29, 0.717) is 0 Å². The minimum atomic E-state index is 1.28. The molecule has 17 heavy (non-hydrogen) atoms. The summed E-state index contributed by atoms with van der Waals surface area (Å²) < 4.78 is 0. The van der Waals surface area contributed by atoms with Gasteiger partial charge in [-0.3, -0.25) is 0 Å². The van der Waals surface area contributed by atoms with Crippen LogP contribution in [0.15, 0.2) is 66.7 Å². The van der Waals surface area contributed by atoms with Crippen LogP contribution in [0.2, 0.25) is 0 Å². The summed E-state index contributed by atoms with van der Waals surface area (Å²) in [5.41, 5.74) is 6.53. The molecule has 0 saturated carbocycles. The first-order chi connectivity index (χ1) is 8.34. The molecular formula is C17H14. The van der Waals surface area contributed by atoms with Gasteiger partial charge in [0.2, 0.25) is 0 Å². The van der Waals surface area contributed by atoms with Crippen molar-refractivity contribution < 1.29 is 0 Å². The molecule has 0 radical (unpaired) electrons. The molecule has 0 spiro atoms. The maximum Gasteiger partial charge on any atom is -0.0105 e. The second kappa shape index (κ2) is 4.06. The lowest BCUT2D eigenvalue weighted by Crippen LogP contribution is -1.75. The zero-order valence-electron chi connectivity index (χ0n) is 9.85. The van der Waals surface area contributed by atoms with Gasteiger partial charge in [-0.25, -0.2) is 0 Å². The highest BCUT2D eigenvalue weighted by Gasteiger charge is 2.09. The van der Waals surface area contributed by atoms with E-state index in [0.717, 1.165) is 0 Å². The van der Waals surface area contributed by atoms with Crippen LogP contribution in [-0.2, 0) is 0 Å². The van der Waals surface area contributed by atoms with E-state index < -0.39 is 0 Å². The molecular weight excluding hydrogens is 204 g/mol. The van der Waals surface area contributed by atoms with E-state index in [1.807, 2.05) is 0 Å². The zero-order valence-corrected chi connectivity index (χ0v) is 9.85. The van der Waals surface area contributed by atoms with Crippen LogP contribution >= 0.6 is 0 Å². The highest BCUT2D eigenvalue weighted by Crippen LogP contribution is 2.35. The van der Waals surface area contributed by atoms with E-state index in [1.54, 1.807) is 0 Å². The minimum absolute atomic E-state index is 1.28. The predicted molar refractivity (Wildman–Crippen MR) is 73.2 cm³/mol. The number of hydrogen-bond donors (Lipinski definition) is 0. The summed E-state index contributed by atoms with van der Waals surface area (Å²) in [6.07, 6.45) is 0. The van der Waals surface area contributed by atoms with E-state index in [1.165, 1.54) is 27.8 Å². The molecule has 0 heterocycles. The molecule has 0 aliphatic heterocycles. The Bertz CT molecular complexity index is 608. The molecule has 0 heteroatoms. The second-order valence-electron chi connectivity index (χ2n) is 4.40. The Hall–Kier alpha value is -2.08. The van der Waals surface area contributed by atoms with E-state index in [2.05, 4.69) is 73.7 Å². The molecule has 0 N–H and O–H groups in total. The Morgan fingerprint density at radius 1 is 0.588 bits per heavy atom. The van der Waals surface area contributed by atoms with Crippen LogP contribution in [0.3, 0.4) is 0 Å². The summed E-state index contributed by atoms with van der Waals surface area (Å²) in [5.74, 6) is 0. The van der Waals surface area contributed by atoms with Gasteiger partial charge in [0.05, 0.1) is 0 Å². The molecule has 1 aromatic carbocycles. The lowest BCUT2D eigenvalue weighted by Gasteiger charge is -2.01. The standard InChI is InChI=1S/C17H14/c1-13-6-5-9-16-15(12-13)10-11-17(16)14-7-3-2-4-8-14/h2-12H,1H3. The van der Waals surface area contributed by atoms with Gasteiger partial charge in [0.1, 0.15) is 0 Å². The van der Waals surface area contributed by atoms with Crippen molar-refractivity contribution in [3.05, 3.63) is 72.3 Å². The summed E-state index contributed by atoms with van der Waals surface area (Å²) >= 11 is 0. The van der Waals surface area contributed by atoms with Gasteiger partial charge in [-0.15, -0.1) is 0 Å². The van der Waals surface area contributed by atoms with Crippen molar-refractivity contribution in [1.29, 1.82) is 0 Å². The SMILES string of the molecule is Cc1cccc2c(-c3ccccc3)ccc-2c1. The van der Waals surface area contributed by atoms with Crippen molar-refractivity contribution in [1.82, 2.24) is 0 Å². The molecule has 0 saturated heterocycles. The van der Waals surface area contributed by atoms with Crippen LogP contribution in [0.25, 0.3) is 22.3 Å². The van der Waals surface area contributed by atoms with Gasteiger partial charge in [-0.05, 0) is 29.2 Å². The van der Waals surface area contributed by atoms with Crippen molar-refractivity contribution in [2.24, 2.45) is 0 Å². The third-order valence-corrected chi connectivity index (χ3v) is 3.12. The topological polar surface area (TPSA) is 0 Å². The fraction of sp³-hybridized carbons (Fsp3) is 0.0588. The fourth-order valence-corrected chi connectivity index (χ4v) is 2.28. The Kier molecular flexibility index (Phi) is 2.41. The number of hydrogen-bond acceptors (Lipinski definition) is 0. The molecule has 0 amide bonds. The first kappa shape index (κ1) is 10.1. The molecule has 0 nitrogen and oxygen atoms in total. The average molecular weight is 218 g/mol. The first-order valence-corrected chi connectivity index (χ1v) is 5.89. The second-order valence-corrected chi connectivity index (χ2v) is 4.40. The fourth-order valence-electron chi connectivity index (χ4n) is 2.28. The quantitative estimate of drug-likeness (QED) is 0.552. The maximum atomic E-state index is 2.24. The third kappa shape index (κ3) is 1.83. The smallest absolute Gasteiger partial charge is 0.0105 e. The van der Waals surface area contributed by atoms with Crippen molar-refractivity contribution >= 4 is 0 Å². The summed E-state index contributed by atoms with van der Waals surface area (Å²) in [4.78, 5) is 0. The summed E-state index contributed by atoms with van der Waals surface area (Å²) in [6.45, 7) is 2.13. The number of rotatable bonds is 1. The van der Waals surface area contributed by atoms with Crippen LogP contribution in [0.5, 0.6) is 0 Å². The number of fused-ring (bicyclic) bond motifs is 1. The Morgan fingerprint density at radius 3 is 2.18 bits per heavy atom. The van der Waals surface area contributed by atoms with Crippen LogP contribution in [0.1, 0.15) is 5.56 Å². The van der Waals surface area contributed by atoms with Gasteiger partial charge in [-0.2, -0.15) is 0 Å². The molecule has 1 aromatic rings. The highest BCUT2D eigenvalue weighted by molar-refractivity contribution is 5.86. The largest absolute Gasteiger partial charge is 0.0622 e. The van der Waals surface area contributed by atoms with Crippen molar-refractivity contribution in [2.75, 3.05) is 0 Å². The van der Waals surface area contributed by atoms with Gasteiger partial charge < -0.3 is 0 Å². The molecule has 0 bridgehead atoms. The molecule has 82 valence electrons. The van der Waals surface area contributed by atoms with Crippen LogP contribution < -0.4 is 0 Å². The molecule has 2 aliphatic carbocycles. The summed E-state index contributed by atoms with van der Waals surface area (Å²) in [7, 11) is 0. The van der Waals surface area contributed by atoms with E-state index >= 15 is 0 Å². The van der Waals surface area contributed by atoms with Crippen LogP contribution in [0.4, 0.5) is 0 Å². The van der Waals surface area contributed by atoms with Gasteiger partial charge in [0, 0.05) is 0 Å². The highest BCUT2D eigenvalue weighted by atomic mass is 14.1. The first-order valence-electron chi connectivity index (χ1n) is 5.89. The third-order valence-electron chi connectivity index (χ3n) is 3.12. The van der Waals surface area contributed by atoms with Crippen molar-refractivity contribution in [3.8, 4) is 22.3 Å². The summed E-state index contributed by atoms with van der Waals surface area (Å²) in [6, 6.07) is 23.7. The zero-order chi connectivity index (χ0) is 11.7. The Labute approximate surface area is 102 Å². The van der Waals surface area contributed by atoms with E-state index in [4.69, 9.17) is 0 Å². The predicted octanol–water partition coefficient (Wildman–Crippen LogP) is 4.77. The normalized spacial score (nSPS) is 10.6. The van der Waals surface area contributed by atoms with Gasteiger partial charge in [-0.1, -0.05) is 72.3 Å². The van der Waals surface area contributed by atoms with Gasteiger partial charge in [0.15, 0.2) is 0 Å².